The van der Waals surface area contributed by atoms with Crippen molar-refractivity contribution in [2.75, 3.05) is 13.1 Å². The minimum Gasteiger partial charge on any atom is -0.341 e. The Morgan fingerprint density at radius 3 is 2.46 bits per heavy atom. The van der Waals surface area contributed by atoms with Gasteiger partial charge < -0.3 is 4.90 Å². The van der Waals surface area contributed by atoms with Crippen molar-refractivity contribution < 1.29 is 13.2 Å². The summed E-state index contributed by atoms with van der Waals surface area (Å²) in [6.07, 6.45) is 2.30. The fourth-order valence-electron chi connectivity index (χ4n) is 2.85. The van der Waals surface area contributed by atoms with Gasteiger partial charge in [-0.3, -0.25) is 4.79 Å². The van der Waals surface area contributed by atoms with E-state index in [0.29, 0.717) is 19.5 Å². The molecule has 2 heterocycles. The Morgan fingerprint density at radius 2 is 1.83 bits per heavy atom. The molecule has 24 heavy (non-hydrogen) atoms. The number of nitrogens with zero attached hydrogens (tertiary/aromatic N) is 1. The van der Waals surface area contributed by atoms with Crippen LogP contribution in [0.4, 0.5) is 0 Å². The van der Waals surface area contributed by atoms with Gasteiger partial charge in [-0.1, -0.05) is 36.4 Å². The SMILES string of the molecule is O=C([C@@H](Cc1ccccc1)NS(=O)(=O)c1cccs1)N1CCCC1. The second-order valence-electron chi connectivity index (χ2n) is 5.83. The minimum absolute atomic E-state index is 0.142. The Balaban J connectivity index is 1.82. The van der Waals surface area contributed by atoms with Crippen LogP contribution in [-0.2, 0) is 21.2 Å². The zero-order valence-electron chi connectivity index (χ0n) is 13.2. The smallest absolute Gasteiger partial charge is 0.250 e. The molecule has 3 rings (SSSR count). The summed E-state index contributed by atoms with van der Waals surface area (Å²) in [5, 5.41) is 1.71. The van der Waals surface area contributed by atoms with Crippen LogP contribution in [0.25, 0.3) is 0 Å². The number of hydrogen-bond acceptors (Lipinski definition) is 4. The Labute approximate surface area is 146 Å². The number of rotatable bonds is 6. The Hall–Kier alpha value is -1.70. The number of benzene rings is 1. The molecule has 7 heteroatoms. The van der Waals surface area contributed by atoms with Gasteiger partial charge in [0.1, 0.15) is 10.3 Å². The maximum atomic E-state index is 12.8. The van der Waals surface area contributed by atoms with Gasteiger partial charge in [0.25, 0.3) is 10.0 Å². The lowest BCUT2D eigenvalue weighted by Gasteiger charge is -2.24. The van der Waals surface area contributed by atoms with E-state index < -0.39 is 16.1 Å². The third-order valence-electron chi connectivity index (χ3n) is 4.06. The highest BCUT2D eigenvalue weighted by molar-refractivity contribution is 7.91. The number of likely N-dealkylation sites (tertiary alicyclic amines) is 1. The molecule has 0 spiro atoms. The van der Waals surface area contributed by atoms with E-state index in [4.69, 9.17) is 0 Å². The third kappa shape index (κ3) is 4.03. The summed E-state index contributed by atoms with van der Waals surface area (Å²) in [5.74, 6) is -0.142. The molecular formula is C17H20N2O3S2. The first kappa shape index (κ1) is 17.1. The third-order valence-corrected chi connectivity index (χ3v) is 6.92. The number of sulfonamides is 1. The first-order valence-electron chi connectivity index (χ1n) is 7.95. The van der Waals surface area contributed by atoms with E-state index in [-0.39, 0.29) is 10.1 Å². The molecule has 1 atom stereocenters. The Morgan fingerprint density at radius 1 is 1.12 bits per heavy atom. The number of thiophene rings is 1. The molecule has 1 aliphatic heterocycles. The van der Waals surface area contributed by atoms with E-state index in [9.17, 15) is 13.2 Å². The normalized spacial score (nSPS) is 16.2. The van der Waals surface area contributed by atoms with E-state index in [1.807, 2.05) is 30.3 Å². The van der Waals surface area contributed by atoms with Crippen LogP contribution in [-0.4, -0.2) is 38.4 Å². The molecule has 0 radical (unpaired) electrons. The Kier molecular flexibility index (Phi) is 5.33. The van der Waals surface area contributed by atoms with Crippen molar-refractivity contribution in [2.24, 2.45) is 0 Å². The summed E-state index contributed by atoms with van der Waals surface area (Å²) in [6.45, 7) is 1.40. The van der Waals surface area contributed by atoms with Crippen molar-refractivity contribution in [3.8, 4) is 0 Å². The summed E-state index contributed by atoms with van der Waals surface area (Å²) >= 11 is 1.15. The molecule has 1 saturated heterocycles. The molecule has 1 aromatic carbocycles. The molecule has 128 valence electrons. The van der Waals surface area contributed by atoms with Crippen LogP contribution in [0.3, 0.4) is 0 Å². The monoisotopic (exact) mass is 364 g/mol. The fourth-order valence-corrected chi connectivity index (χ4v) is 5.05. The van der Waals surface area contributed by atoms with Gasteiger partial charge >= 0.3 is 0 Å². The van der Waals surface area contributed by atoms with Gasteiger partial charge in [-0.15, -0.1) is 11.3 Å². The van der Waals surface area contributed by atoms with Gasteiger partial charge in [-0.2, -0.15) is 4.72 Å². The molecule has 2 aromatic rings. The number of hydrogen-bond donors (Lipinski definition) is 1. The highest BCUT2D eigenvalue weighted by Gasteiger charge is 2.31. The first-order valence-corrected chi connectivity index (χ1v) is 10.3. The zero-order chi connectivity index (χ0) is 17.0. The highest BCUT2D eigenvalue weighted by Crippen LogP contribution is 2.18. The molecule has 1 aliphatic rings. The second kappa shape index (κ2) is 7.46. The molecule has 0 aliphatic carbocycles. The van der Waals surface area contributed by atoms with Crippen molar-refractivity contribution in [3.63, 3.8) is 0 Å². The lowest BCUT2D eigenvalue weighted by molar-refractivity contribution is -0.131. The van der Waals surface area contributed by atoms with E-state index in [2.05, 4.69) is 4.72 Å². The first-order chi connectivity index (χ1) is 11.6. The fraction of sp³-hybridized carbons (Fsp3) is 0.353. The molecule has 1 N–H and O–H groups in total. The molecule has 1 amide bonds. The molecule has 1 fully saturated rings. The largest absolute Gasteiger partial charge is 0.341 e. The van der Waals surface area contributed by atoms with Crippen LogP contribution in [0, 0.1) is 0 Å². The van der Waals surface area contributed by atoms with Crippen molar-refractivity contribution >= 4 is 27.3 Å². The summed E-state index contributed by atoms with van der Waals surface area (Å²) in [6, 6.07) is 11.9. The maximum Gasteiger partial charge on any atom is 0.250 e. The number of carbonyl (C=O) groups excluding carboxylic acids is 1. The highest BCUT2D eigenvalue weighted by atomic mass is 32.2. The maximum absolute atomic E-state index is 12.8. The van der Waals surface area contributed by atoms with Gasteiger partial charge in [0.2, 0.25) is 5.91 Å². The summed E-state index contributed by atoms with van der Waals surface area (Å²) in [4.78, 5) is 14.6. The van der Waals surface area contributed by atoms with E-state index in [1.165, 1.54) is 0 Å². The van der Waals surface area contributed by atoms with Crippen molar-refractivity contribution in [2.45, 2.75) is 29.5 Å². The average molecular weight is 364 g/mol. The molecule has 0 bridgehead atoms. The molecule has 0 saturated carbocycles. The van der Waals surface area contributed by atoms with Gasteiger partial charge in [0.15, 0.2) is 0 Å². The predicted octanol–water partition coefficient (Wildman–Crippen LogP) is 2.26. The van der Waals surface area contributed by atoms with Gasteiger partial charge in [0, 0.05) is 13.1 Å². The van der Waals surface area contributed by atoms with Gasteiger partial charge in [-0.05, 0) is 36.3 Å². The quantitative estimate of drug-likeness (QED) is 0.855. The van der Waals surface area contributed by atoms with Crippen molar-refractivity contribution in [1.82, 2.24) is 9.62 Å². The van der Waals surface area contributed by atoms with E-state index in [0.717, 1.165) is 29.7 Å². The summed E-state index contributed by atoms with van der Waals surface area (Å²) in [7, 11) is -3.69. The van der Waals surface area contributed by atoms with Gasteiger partial charge in [0.05, 0.1) is 0 Å². The van der Waals surface area contributed by atoms with Gasteiger partial charge in [-0.25, -0.2) is 8.42 Å². The topological polar surface area (TPSA) is 66.5 Å². The summed E-state index contributed by atoms with van der Waals surface area (Å²) in [5.41, 5.74) is 0.934. The second-order valence-corrected chi connectivity index (χ2v) is 8.72. The molecule has 1 aromatic heterocycles. The minimum atomic E-state index is -3.69. The lowest BCUT2D eigenvalue weighted by atomic mass is 10.1. The van der Waals surface area contributed by atoms with Crippen LogP contribution in [0.15, 0.2) is 52.1 Å². The van der Waals surface area contributed by atoms with Crippen molar-refractivity contribution in [1.29, 1.82) is 0 Å². The van der Waals surface area contributed by atoms with Crippen LogP contribution in [0.2, 0.25) is 0 Å². The van der Waals surface area contributed by atoms with E-state index >= 15 is 0 Å². The standard InChI is InChI=1S/C17H20N2O3S2/c20-17(19-10-4-5-11-19)15(13-14-7-2-1-3-8-14)18-24(21,22)16-9-6-12-23-16/h1-3,6-9,12,15,18H,4-5,10-11,13H2/t15-/m1/s1. The number of amides is 1. The molecule has 5 nitrogen and oxygen atoms in total. The Bertz CT molecular complexity index is 767. The van der Waals surface area contributed by atoms with Crippen molar-refractivity contribution in [3.05, 3.63) is 53.4 Å². The van der Waals surface area contributed by atoms with E-state index in [1.54, 1.807) is 22.4 Å². The average Bonchev–Trinajstić information content (AvgIpc) is 3.28. The molecule has 0 unspecified atom stereocenters. The van der Waals surface area contributed by atoms with Crippen LogP contribution in [0.5, 0.6) is 0 Å². The molecular weight excluding hydrogens is 344 g/mol. The van der Waals surface area contributed by atoms with Crippen LogP contribution < -0.4 is 4.72 Å². The lowest BCUT2D eigenvalue weighted by Crippen LogP contribution is -2.48. The predicted molar refractivity (Wildman–Crippen MR) is 94.4 cm³/mol. The number of nitrogens with one attached hydrogen (secondary N) is 1. The summed E-state index contributed by atoms with van der Waals surface area (Å²) < 4.78 is 27.9. The zero-order valence-corrected chi connectivity index (χ0v) is 14.9. The number of carbonyl (C=O) groups is 1. The van der Waals surface area contributed by atoms with Crippen LogP contribution in [0.1, 0.15) is 18.4 Å². The van der Waals surface area contributed by atoms with Crippen LogP contribution >= 0.6 is 11.3 Å².